The normalized spacial score (nSPS) is 22.5. The van der Waals surface area contributed by atoms with Gasteiger partial charge in [0.05, 0.1) is 6.10 Å². The third kappa shape index (κ3) is 4.66. The van der Waals surface area contributed by atoms with Crippen LogP contribution in [0.5, 0.6) is 0 Å². The molecule has 1 aliphatic heterocycles. The van der Waals surface area contributed by atoms with E-state index in [1.54, 1.807) is 0 Å². The van der Waals surface area contributed by atoms with Gasteiger partial charge >= 0.3 is 0 Å². The molecule has 1 aromatic carbocycles. The van der Waals surface area contributed by atoms with Crippen LogP contribution in [-0.2, 0) is 0 Å². The molecule has 0 bridgehead atoms. The van der Waals surface area contributed by atoms with E-state index < -0.39 is 0 Å². The lowest BCUT2D eigenvalue weighted by atomic mass is 10.1. The van der Waals surface area contributed by atoms with Gasteiger partial charge in [-0.05, 0) is 38.4 Å². The maximum atomic E-state index is 9.98. The van der Waals surface area contributed by atoms with Gasteiger partial charge in [0.25, 0.3) is 0 Å². The van der Waals surface area contributed by atoms with Crippen LogP contribution in [0.15, 0.2) is 48.6 Å². The summed E-state index contributed by atoms with van der Waals surface area (Å²) in [6.07, 6.45) is 10.8. The highest BCUT2D eigenvalue weighted by Crippen LogP contribution is 2.19. The Morgan fingerprint density at radius 3 is 2.79 bits per heavy atom. The van der Waals surface area contributed by atoms with Crippen molar-refractivity contribution in [1.82, 2.24) is 4.90 Å². The molecule has 0 radical (unpaired) electrons. The van der Waals surface area contributed by atoms with Gasteiger partial charge < -0.3 is 10.0 Å². The second-order valence-electron chi connectivity index (χ2n) is 5.23. The molecule has 1 heterocycles. The topological polar surface area (TPSA) is 23.5 Å². The molecule has 2 rings (SSSR count). The molecule has 1 N–H and O–H groups in total. The monoisotopic (exact) mass is 257 g/mol. The van der Waals surface area contributed by atoms with E-state index in [9.17, 15) is 5.11 Å². The number of hydrogen-bond donors (Lipinski definition) is 1. The zero-order chi connectivity index (χ0) is 13.5. The maximum Gasteiger partial charge on any atom is 0.0738 e. The second kappa shape index (κ2) is 7.27. The molecule has 2 heteroatoms. The summed E-state index contributed by atoms with van der Waals surface area (Å²) in [6.45, 7) is 1.16. The first-order valence-corrected chi connectivity index (χ1v) is 7.04. The molecule has 0 aliphatic carbocycles. The predicted octanol–water partition coefficient (Wildman–Crippen LogP) is 3.10. The first-order valence-electron chi connectivity index (χ1n) is 7.04. The van der Waals surface area contributed by atoms with Crippen LogP contribution in [0.2, 0.25) is 0 Å². The van der Waals surface area contributed by atoms with Crippen LogP contribution in [0.4, 0.5) is 0 Å². The van der Waals surface area contributed by atoms with E-state index in [0.29, 0.717) is 6.04 Å². The Hall–Kier alpha value is -1.38. The Kier molecular flexibility index (Phi) is 5.37. The quantitative estimate of drug-likeness (QED) is 0.819. The zero-order valence-corrected chi connectivity index (χ0v) is 11.6. The molecule has 0 unspecified atom stereocenters. The van der Waals surface area contributed by atoms with E-state index in [1.807, 2.05) is 42.5 Å². The van der Waals surface area contributed by atoms with Gasteiger partial charge in [0, 0.05) is 6.04 Å². The number of benzene rings is 1. The molecule has 0 saturated carbocycles. The molecule has 1 fully saturated rings. The fourth-order valence-corrected chi connectivity index (χ4v) is 2.56. The van der Waals surface area contributed by atoms with Crippen molar-refractivity contribution in [2.24, 2.45) is 0 Å². The van der Waals surface area contributed by atoms with Crippen LogP contribution in [0, 0.1) is 0 Å². The van der Waals surface area contributed by atoms with Gasteiger partial charge in [-0.15, -0.1) is 0 Å². The standard InChI is InChI=1S/C17H23NO/c1-18-13-7-11-16(18)14-17(19)12-6-5-10-15-8-3-2-4-9-15/h2-6,8-10,12,16-17,19H,7,11,13-14H2,1H3/b10-5+,12-6+/t16-,17-/m1/s1. The minimum Gasteiger partial charge on any atom is -0.389 e. The number of hydrogen-bond acceptors (Lipinski definition) is 2. The van der Waals surface area contributed by atoms with Crippen LogP contribution < -0.4 is 0 Å². The summed E-state index contributed by atoms with van der Waals surface area (Å²) >= 11 is 0. The number of allylic oxidation sites excluding steroid dienone is 2. The Morgan fingerprint density at radius 1 is 1.32 bits per heavy atom. The molecule has 19 heavy (non-hydrogen) atoms. The lowest BCUT2D eigenvalue weighted by Gasteiger charge is -2.20. The van der Waals surface area contributed by atoms with Crippen LogP contribution in [0.25, 0.3) is 6.08 Å². The highest BCUT2D eigenvalue weighted by Gasteiger charge is 2.22. The summed E-state index contributed by atoms with van der Waals surface area (Å²) < 4.78 is 0. The van der Waals surface area contributed by atoms with Crippen molar-refractivity contribution in [3.63, 3.8) is 0 Å². The molecular formula is C17H23NO. The summed E-state index contributed by atoms with van der Waals surface area (Å²) in [6, 6.07) is 10.7. The van der Waals surface area contributed by atoms with E-state index in [-0.39, 0.29) is 6.10 Å². The molecule has 0 spiro atoms. The van der Waals surface area contributed by atoms with Crippen molar-refractivity contribution in [2.75, 3.05) is 13.6 Å². The summed E-state index contributed by atoms with van der Waals surface area (Å²) in [5, 5.41) is 9.98. The molecule has 0 aromatic heterocycles. The zero-order valence-electron chi connectivity index (χ0n) is 11.6. The lowest BCUT2D eigenvalue weighted by molar-refractivity contribution is 0.166. The third-order valence-corrected chi connectivity index (χ3v) is 3.72. The molecule has 2 atom stereocenters. The van der Waals surface area contributed by atoms with Gasteiger partial charge in [-0.1, -0.05) is 54.6 Å². The molecule has 0 amide bonds. The van der Waals surface area contributed by atoms with Gasteiger partial charge in [0.2, 0.25) is 0 Å². The van der Waals surface area contributed by atoms with E-state index in [4.69, 9.17) is 0 Å². The van der Waals surface area contributed by atoms with Crippen molar-refractivity contribution >= 4 is 6.08 Å². The van der Waals surface area contributed by atoms with Gasteiger partial charge in [0.1, 0.15) is 0 Å². The molecule has 2 nitrogen and oxygen atoms in total. The van der Waals surface area contributed by atoms with Crippen molar-refractivity contribution in [2.45, 2.75) is 31.4 Å². The van der Waals surface area contributed by atoms with Crippen LogP contribution in [-0.4, -0.2) is 35.7 Å². The van der Waals surface area contributed by atoms with E-state index >= 15 is 0 Å². The Balaban J connectivity index is 1.77. The molecule has 1 saturated heterocycles. The predicted molar refractivity (Wildman–Crippen MR) is 80.9 cm³/mol. The van der Waals surface area contributed by atoms with Crippen molar-refractivity contribution in [3.05, 3.63) is 54.1 Å². The SMILES string of the molecule is CN1CCC[C@@H]1C[C@H](O)/C=C/C=C/c1ccccc1. The summed E-state index contributed by atoms with van der Waals surface area (Å²) in [4.78, 5) is 2.34. The van der Waals surface area contributed by atoms with Crippen molar-refractivity contribution in [3.8, 4) is 0 Å². The van der Waals surface area contributed by atoms with Gasteiger partial charge in [-0.3, -0.25) is 0 Å². The van der Waals surface area contributed by atoms with Crippen LogP contribution in [0.1, 0.15) is 24.8 Å². The highest BCUT2D eigenvalue weighted by molar-refractivity contribution is 5.50. The van der Waals surface area contributed by atoms with Gasteiger partial charge in [-0.25, -0.2) is 0 Å². The van der Waals surface area contributed by atoms with Crippen LogP contribution in [0.3, 0.4) is 0 Å². The molecule has 102 valence electrons. The Bertz CT molecular complexity index is 424. The fourth-order valence-electron chi connectivity index (χ4n) is 2.56. The van der Waals surface area contributed by atoms with Crippen molar-refractivity contribution in [1.29, 1.82) is 0 Å². The maximum absolute atomic E-state index is 9.98. The van der Waals surface area contributed by atoms with E-state index in [2.05, 4.69) is 24.1 Å². The minimum absolute atomic E-state index is 0.342. The number of aliphatic hydroxyl groups excluding tert-OH is 1. The molecule has 1 aliphatic rings. The Labute approximate surface area is 116 Å². The van der Waals surface area contributed by atoms with Gasteiger partial charge in [0.15, 0.2) is 0 Å². The smallest absolute Gasteiger partial charge is 0.0738 e. The van der Waals surface area contributed by atoms with E-state index in [0.717, 1.165) is 13.0 Å². The third-order valence-electron chi connectivity index (χ3n) is 3.72. The number of aliphatic hydroxyl groups is 1. The fraction of sp³-hybridized carbons (Fsp3) is 0.412. The first-order chi connectivity index (χ1) is 9.25. The average Bonchev–Trinajstić information content (AvgIpc) is 2.82. The second-order valence-corrected chi connectivity index (χ2v) is 5.23. The first kappa shape index (κ1) is 14.0. The van der Waals surface area contributed by atoms with Crippen LogP contribution >= 0.6 is 0 Å². The summed E-state index contributed by atoms with van der Waals surface area (Å²) in [7, 11) is 2.14. The summed E-state index contributed by atoms with van der Waals surface area (Å²) in [5.74, 6) is 0. The Morgan fingerprint density at radius 2 is 2.11 bits per heavy atom. The largest absolute Gasteiger partial charge is 0.389 e. The van der Waals surface area contributed by atoms with Gasteiger partial charge in [-0.2, -0.15) is 0 Å². The number of rotatable bonds is 5. The number of likely N-dealkylation sites (tertiary alicyclic amines) is 1. The summed E-state index contributed by atoms with van der Waals surface area (Å²) in [5.41, 5.74) is 1.18. The number of nitrogens with zero attached hydrogens (tertiary/aromatic N) is 1. The highest BCUT2D eigenvalue weighted by atomic mass is 16.3. The van der Waals surface area contributed by atoms with E-state index in [1.165, 1.54) is 18.4 Å². The molecule has 1 aromatic rings. The van der Waals surface area contributed by atoms with Crippen molar-refractivity contribution < 1.29 is 5.11 Å². The average molecular weight is 257 g/mol. The lowest BCUT2D eigenvalue weighted by Crippen LogP contribution is -2.28. The molecular weight excluding hydrogens is 234 g/mol. The minimum atomic E-state index is -0.342.